The van der Waals surface area contributed by atoms with E-state index in [1.54, 1.807) is 24.3 Å². The van der Waals surface area contributed by atoms with Gasteiger partial charge in [-0.05, 0) is 62.5 Å². The number of ketones is 1. The molecular formula is C24H27BrN2O4. The van der Waals surface area contributed by atoms with Crippen molar-refractivity contribution in [1.82, 2.24) is 9.80 Å². The van der Waals surface area contributed by atoms with Crippen molar-refractivity contribution >= 4 is 33.4 Å². The van der Waals surface area contributed by atoms with Crippen LogP contribution in [0.5, 0.6) is 5.75 Å². The summed E-state index contributed by atoms with van der Waals surface area (Å²) in [5.41, 5.74) is 1.34. The molecule has 1 unspecified atom stereocenters. The summed E-state index contributed by atoms with van der Waals surface area (Å²) in [5, 5.41) is 11.1. The number of carbonyl (C=O) groups is 2. The second-order valence-electron chi connectivity index (χ2n) is 7.72. The third-order valence-corrected chi connectivity index (χ3v) is 5.64. The molecule has 2 aromatic carbocycles. The van der Waals surface area contributed by atoms with Crippen molar-refractivity contribution in [3.63, 3.8) is 0 Å². The molecule has 3 rings (SSSR count). The number of amides is 1. The maximum Gasteiger partial charge on any atom is 0.295 e. The number of ether oxygens (including phenoxy) is 1. The molecule has 1 aliphatic rings. The van der Waals surface area contributed by atoms with E-state index < -0.39 is 17.7 Å². The summed E-state index contributed by atoms with van der Waals surface area (Å²) >= 11 is 3.42. The normalized spacial score (nSPS) is 18.1. The highest BCUT2D eigenvalue weighted by Gasteiger charge is 2.45. The minimum Gasteiger partial charge on any atom is -0.507 e. The molecule has 1 atom stereocenters. The van der Waals surface area contributed by atoms with Crippen molar-refractivity contribution < 1.29 is 19.4 Å². The molecule has 1 N–H and O–H groups in total. The molecule has 0 spiro atoms. The molecule has 1 heterocycles. The Morgan fingerprint density at radius 2 is 1.74 bits per heavy atom. The Morgan fingerprint density at radius 1 is 1.10 bits per heavy atom. The highest BCUT2D eigenvalue weighted by Crippen LogP contribution is 2.39. The van der Waals surface area contributed by atoms with E-state index in [2.05, 4.69) is 15.9 Å². The van der Waals surface area contributed by atoms with Gasteiger partial charge in [0.1, 0.15) is 11.5 Å². The number of aliphatic hydroxyl groups excluding tert-OH is 1. The Hall–Kier alpha value is -2.64. The zero-order chi connectivity index (χ0) is 22.5. The van der Waals surface area contributed by atoms with Crippen LogP contribution in [0.1, 0.15) is 30.5 Å². The van der Waals surface area contributed by atoms with Crippen LogP contribution in [0.15, 0.2) is 58.6 Å². The van der Waals surface area contributed by atoms with E-state index >= 15 is 0 Å². The van der Waals surface area contributed by atoms with Gasteiger partial charge in [0, 0.05) is 23.1 Å². The second kappa shape index (κ2) is 10.1. The molecule has 7 heteroatoms. The highest BCUT2D eigenvalue weighted by molar-refractivity contribution is 9.10. The molecule has 0 aromatic heterocycles. The first-order chi connectivity index (χ1) is 14.8. The van der Waals surface area contributed by atoms with Crippen LogP contribution in [0, 0.1) is 0 Å². The molecule has 1 amide bonds. The van der Waals surface area contributed by atoms with Crippen molar-refractivity contribution in [2.75, 3.05) is 33.8 Å². The summed E-state index contributed by atoms with van der Waals surface area (Å²) in [5.74, 6) is -0.760. The Morgan fingerprint density at radius 3 is 2.32 bits per heavy atom. The molecule has 1 aliphatic heterocycles. The Bertz CT molecular complexity index is 968. The maximum absolute atomic E-state index is 13.0. The molecule has 0 radical (unpaired) electrons. The number of likely N-dealkylation sites (tertiary alicyclic amines) is 1. The van der Waals surface area contributed by atoms with Gasteiger partial charge < -0.3 is 19.6 Å². The molecule has 1 fully saturated rings. The number of carbonyl (C=O) groups excluding carboxylic acids is 2. The van der Waals surface area contributed by atoms with E-state index in [0.717, 1.165) is 16.5 Å². The molecule has 6 nitrogen and oxygen atoms in total. The standard InChI is InChI=1S/C24H27BrN2O4/c1-4-15-31-19-11-7-17(8-12-19)22(28)20-21(16-5-9-18(25)10-6-16)27(14-13-26(2)3)24(30)23(20)29/h5-12,21,28H,4,13-15H2,1-3H3/b22-20+. The largest absolute Gasteiger partial charge is 0.507 e. The van der Waals surface area contributed by atoms with Crippen molar-refractivity contribution in [2.45, 2.75) is 19.4 Å². The van der Waals surface area contributed by atoms with E-state index in [1.165, 1.54) is 4.90 Å². The molecular weight excluding hydrogens is 460 g/mol. The van der Waals surface area contributed by atoms with Crippen molar-refractivity contribution in [3.05, 3.63) is 69.7 Å². The van der Waals surface area contributed by atoms with Crippen molar-refractivity contribution in [3.8, 4) is 5.75 Å². The zero-order valence-corrected chi connectivity index (χ0v) is 19.6. The Kier molecular flexibility index (Phi) is 7.51. The van der Waals surface area contributed by atoms with Crippen LogP contribution in [0.4, 0.5) is 0 Å². The van der Waals surface area contributed by atoms with E-state index in [4.69, 9.17) is 4.74 Å². The quantitative estimate of drug-likeness (QED) is 0.343. The molecule has 0 bridgehead atoms. The number of halogens is 1. The average Bonchev–Trinajstić information content (AvgIpc) is 3.01. The molecule has 0 aliphatic carbocycles. The van der Waals surface area contributed by atoms with Gasteiger partial charge in [-0.2, -0.15) is 0 Å². The molecule has 2 aromatic rings. The zero-order valence-electron chi connectivity index (χ0n) is 18.0. The van der Waals surface area contributed by atoms with Gasteiger partial charge in [0.05, 0.1) is 18.2 Å². The van der Waals surface area contributed by atoms with Crippen LogP contribution in [0.3, 0.4) is 0 Å². The number of Topliss-reactive ketones (excluding diaryl/α,β-unsaturated/α-hetero) is 1. The van der Waals surface area contributed by atoms with Crippen LogP contribution in [0.2, 0.25) is 0 Å². The molecule has 0 saturated carbocycles. The summed E-state index contributed by atoms with van der Waals surface area (Å²) < 4.78 is 6.48. The lowest BCUT2D eigenvalue weighted by molar-refractivity contribution is -0.140. The van der Waals surface area contributed by atoms with Crippen LogP contribution in [-0.2, 0) is 9.59 Å². The predicted octanol–water partition coefficient (Wildman–Crippen LogP) is 4.22. The Balaban J connectivity index is 2.04. The van der Waals surface area contributed by atoms with Gasteiger partial charge in [0.25, 0.3) is 11.7 Å². The summed E-state index contributed by atoms with van der Waals surface area (Å²) in [4.78, 5) is 29.3. The first-order valence-corrected chi connectivity index (χ1v) is 11.0. The minimum atomic E-state index is -0.671. The lowest BCUT2D eigenvalue weighted by Gasteiger charge is -2.26. The fraction of sp³-hybridized carbons (Fsp3) is 0.333. The number of benzene rings is 2. The summed E-state index contributed by atoms with van der Waals surface area (Å²) in [7, 11) is 3.82. The van der Waals surface area contributed by atoms with Gasteiger partial charge in [-0.15, -0.1) is 0 Å². The smallest absolute Gasteiger partial charge is 0.295 e. The van der Waals surface area contributed by atoms with Crippen LogP contribution < -0.4 is 4.74 Å². The number of likely N-dealkylation sites (N-methyl/N-ethyl adjacent to an activating group) is 1. The van der Waals surface area contributed by atoms with Gasteiger partial charge in [-0.3, -0.25) is 9.59 Å². The average molecular weight is 487 g/mol. The monoisotopic (exact) mass is 486 g/mol. The van der Waals surface area contributed by atoms with Crippen LogP contribution in [0.25, 0.3) is 5.76 Å². The topological polar surface area (TPSA) is 70.1 Å². The maximum atomic E-state index is 13.0. The lowest BCUT2D eigenvalue weighted by Crippen LogP contribution is -2.35. The van der Waals surface area contributed by atoms with Gasteiger partial charge in [0.15, 0.2) is 0 Å². The first-order valence-electron chi connectivity index (χ1n) is 10.2. The van der Waals surface area contributed by atoms with E-state index in [-0.39, 0.29) is 11.3 Å². The minimum absolute atomic E-state index is 0.105. The number of aliphatic hydroxyl groups is 1. The van der Waals surface area contributed by atoms with Crippen LogP contribution >= 0.6 is 15.9 Å². The fourth-order valence-electron chi connectivity index (χ4n) is 3.49. The number of hydrogen-bond donors (Lipinski definition) is 1. The van der Waals surface area contributed by atoms with Crippen molar-refractivity contribution in [2.24, 2.45) is 0 Å². The fourth-order valence-corrected chi connectivity index (χ4v) is 3.76. The van der Waals surface area contributed by atoms with E-state index in [1.807, 2.05) is 50.2 Å². The molecule has 31 heavy (non-hydrogen) atoms. The number of nitrogens with zero attached hydrogens (tertiary/aromatic N) is 2. The van der Waals surface area contributed by atoms with Gasteiger partial charge in [-0.25, -0.2) is 0 Å². The summed E-state index contributed by atoms with van der Waals surface area (Å²) in [6.07, 6.45) is 0.894. The van der Waals surface area contributed by atoms with E-state index in [9.17, 15) is 14.7 Å². The molecule has 1 saturated heterocycles. The summed E-state index contributed by atoms with van der Waals surface area (Å²) in [6.45, 7) is 3.60. The number of rotatable bonds is 8. The predicted molar refractivity (Wildman–Crippen MR) is 124 cm³/mol. The SMILES string of the molecule is CCCOc1ccc(/C(O)=C2\C(=O)C(=O)N(CCN(C)C)C2c2ccc(Br)cc2)cc1. The number of hydrogen-bond acceptors (Lipinski definition) is 5. The molecule has 164 valence electrons. The van der Waals surface area contributed by atoms with Crippen molar-refractivity contribution in [1.29, 1.82) is 0 Å². The highest BCUT2D eigenvalue weighted by atomic mass is 79.9. The second-order valence-corrected chi connectivity index (χ2v) is 8.64. The lowest BCUT2D eigenvalue weighted by atomic mass is 9.95. The Labute approximate surface area is 191 Å². The van der Waals surface area contributed by atoms with Gasteiger partial charge in [-0.1, -0.05) is 35.0 Å². The van der Waals surface area contributed by atoms with Gasteiger partial charge in [0.2, 0.25) is 0 Å². The van der Waals surface area contributed by atoms with Crippen LogP contribution in [-0.4, -0.2) is 60.4 Å². The third kappa shape index (κ3) is 5.17. The third-order valence-electron chi connectivity index (χ3n) is 5.11. The summed E-state index contributed by atoms with van der Waals surface area (Å²) in [6, 6.07) is 13.7. The van der Waals surface area contributed by atoms with E-state index in [0.29, 0.717) is 31.0 Å². The first kappa shape index (κ1) is 23.0. The van der Waals surface area contributed by atoms with Gasteiger partial charge >= 0.3 is 0 Å².